The van der Waals surface area contributed by atoms with Crippen molar-refractivity contribution in [2.24, 2.45) is 0 Å². The summed E-state index contributed by atoms with van der Waals surface area (Å²) in [6.45, 7) is 3.31. The first-order chi connectivity index (χ1) is 18.5. The van der Waals surface area contributed by atoms with Crippen LogP contribution in [-0.2, 0) is 24.8 Å². The van der Waals surface area contributed by atoms with Crippen LogP contribution < -0.4 is 19.5 Å². The molecule has 2 saturated heterocycles. The molecule has 39 heavy (non-hydrogen) atoms. The summed E-state index contributed by atoms with van der Waals surface area (Å²) in [5.41, 5.74) is 0.378. The fraction of sp³-hybridized carbons (Fsp3) is 0.538. The Hall–Kier alpha value is -2.26. The van der Waals surface area contributed by atoms with E-state index in [0.29, 0.717) is 44.0 Å². The zero-order valence-electron chi connectivity index (χ0n) is 22.4. The lowest BCUT2D eigenvalue weighted by Gasteiger charge is -2.38. The number of piperidine rings is 1. The van der Waals surface area contributed by atoms with Gasteiger partial charge in [0.15, 0.2) is 0 Å². The molecule has 0 radical (unpaired) electrons. The van der Waals surface area contributed by atoms with Crippen molar-refractivity contribution in [2.75, 3.05) is 47.0 Å². The Balaban J connectivity index is 1.24. The summed E-state index contributed by atoms with van der Waals surface area (Å²) in [5.74, 6) is 0.996. The van der Waals surface area contributed by atoms with Gasteiger partial charge in [-0.1, -0.05) is 6.07 Å². The second-order valence-corrected chi connectivity index (χ2v) is 13.8. The van der Waals surface area contributed by atoms with Crippen molar-refractivity contribution in [1.29, 1.82) is 0 Å². The molecule has 4 rings (SSSR count). The van der Waals surface area contributed by atoms with Gasteiger partial charge in [-0.25, -0.2) is 21.6 Å². The molecule has 11 nitrogen and oxygen atoms in total. The van der Waals surface area contributed by atoms with Crippen LogP contribution in [0.2, 0.25) is 0 Å². The number of sulfonamides is 2. The van der Waals surface area contributed by atoms with Crippen molar-refractivity contribution in [3.05, 3.63) is 48.0 Å². The van der Waals surface area contributed by atoms with Gasteiger partial charge in [0.05, 0.1) is 29.1 Å². The van der Waals surface area contributed by atoms with Gasteiger partial charge in [0, 0.05) is 31.7 Å². The van der Waals surface area contributed by atoms with Crippen LogP contribution in [0, 0.1) is 6.92 Å². The van der Waals surface area contributed by atoms with E-state index in [1.165, 1.54) is 23.5 Å². The smallest absolute Gasteiger partial charge is 0.243 e. The first-order valence-corrected chi connectivity index (χ1v) is 15.8. The summed E-state index contributed by atoms with van der Waals surface area (Å²) in [4.78, 5) is 0.344. The third-order valence-corrected chi connectivity index (χ3v) is 10.6. The van der Waals surface area contributed by atoms with Gasteiger partial charge in [-0.15, -0.1) is 0 Å². The largest absolute Gasteiger partial charge is 0.496 e. The minimum atomic E-state index is -3.61. The molecule has 2 aromatic rings. The number of ether oxygens (including phenoxy) is 3. The highest BCUT2D eigenvalue weighted by atomic mass is 32.2. The fourth-order valence-electron chi connectivity index (χ4n) is 5.02. The summed E-state index contributed by atoms with van der Waals surface area (Å²) < 4.78 is 71.1. The van der Waals surface area contributed by atoms with E-state index in [0.717, 1.165) is 12.0 Å². The van der Waals surface area contributed by atoms with Gasteiger partial charge in [0.1, 0.15) is 24.2 Å². The van der Waals surface area contributed by atoms with E-state index in [2.05, 4.69) is 10.0 Å². The maximum Gasteiger partial charge on any atom is 0.243 e. The fourth-order valence-corrected chi connectivity index (χ4v) is 7.31. The minimum Gasteiger partial charge on any atom is -0.496 e. The molecule has 1 spiro atoms. The molecule has 2 aliphatic heterocycles. The van der Waals surface area contributed by atoms with E-state index < -0.39 is 26.2 Å². The van der Waals surface area contributed by atoms with Crippen LogP contribution >= 0.6 is 0 Å². The molecule has 2 heterocycles. The lowest BCUT2D eigenvalue weighted by Crippen LogP contribution is -2.47. The average molecular weight is 584 g/mol. The highest BCUT2D eigenvalue weighted by Crippen LogP contribution is 2.37. The summed E-state index contributed by atoms with van der Waals surface area (Å²) >= 11 is 0. The van der Waals surface area contributed by atoms with Crippen LogP contribution in [0.3, 0.4) is 0 Å². The molecule has 216 valence electrons. The number of hydrogen-bond donors (Lipinski definition) is 3. The molecule has 2 fully saturated rings. The lowest BCUT2D eigenvalue weighted by atomic mass is 9.88. The first kappa shape index (κ1) is 29.7. The number of nitrogens with one attached hydrogen (secondary N) is 2. The molecule has 0 saturated carbocycles. The molecular formula is C26H37N3O8S2. The van der Waals surface area contributed by atoms with Crippen molar-refractivity contribution >= 4 is 20.0 Å². The van der Waals surface area contributed by atoms with Crippen molar-refractivity contribution in [1.82, 2.24) is 14.3 Å². The molecule has 0 aromatic heterocycles. The zero-order chi connectivity index (χ0) is 28.3. The highest BCUT2D eigenvalue weighted by Gasteiger charge is 2.44. The van der Waals surface area contributed by atoms with Crippen molar-refractivity contribution in [3.8, 4) is 11.5 Å². The maximum atomic E-state index is 13.2. The Morgan fingerprint density at radius 2 is 1.87 bits per heavy atom. The van der Waals surface area contributed by atoms with E-state index in [1.54, 1.807) is 37.4 Å². The molecular weight excluding hydrogens is 546 g/mol. The summed E-state index contributed by atoms with van der Waals surface area (Å²) in [7, 11) is -4.30. The second-order valence-electron chi connectivity index (χ2n) is 9.99. The summed E-state index contributed by atoms with van der Waals surface area (Å²) in [5, 5.41) is 13.7. The number of aryl methyl sites for hydroxylation is 1. The first-order valence-electron chi connectivity index (χ1n) is 12.8. The standard InChI is InChI=1S/C26H37N3O8S2/c1-19-13-24(7-8-25(19)35-3)39(33,34)29-11-9-26(10-12-29)15-20(17-37-26)28-16-21(30)18-36-22-5-4-6-23(14-22)38(31,32)27-2/h4-8,13-14,20-21,27-28,30H,9-12,15-18H2,1-3H3/t20-,21?/m1/s1. The highest BCUT2D eigenvalue weighted by molar-refractivity contribution is 7.89. The van der Waals surface area contributed by atoms with Crippen LogP contribution in [0.5, 0.6) is 11.5 Å². The normalized spacial score (nSPS) is 20.7. The topological polar surface area (TPSA) is 144 Å². The Morgan fingerprint density at radius 3 is 2.54 bits per heavy atom. The van der Waals surface area contributed by atoms with Gasteiger partial charge in [-0.3, -0.25) is 0 Å². The predicted molar refractivity (Wildman–Crippen MR) is 145 cm³/mol. The third-order valence-electron chi connectivity index (χ3n) is 7.32. The number of hydrogen-bond acceptors (Lipinski definition) is 9. The van der Waals surface area contributed by atoms with Gasteiger partial charge < -0.3 is 24.6 Å². The average Bonchev–Trinajstić information content (AvgIpc) is 3.33. The molecule has 1 unspecified atom stereocenters. The van der Waals surface area contributed by atoms with E-state index in [1.807, 2.05) is 6.92 Å². The number of benzene rings is 2. The third kappa shape index (κ3) is 6.91. The Bertz CT molecular complexity index is 1360. The van der Waals surface area contributed by atoms with Crippen LogP contribution in [0.15, 0.2) is 52.3 Å². The van der Waals surface area contributed by atoms with E-state index in [4.69, 9.17) is 14.2 Å². The Kier molecular flexibility index (Phi) is 9.21. The van der Waals surface area contributed by atoms with Crippen LogP contribution in [0.4, 0.5) is 0 Å². The molecule has 3 N–H and O–H groups in total. The van der Waals surface area contributed by atoms with Gasteiger partial charge in [-0.05, 0) is 69.1 Å². The van der Waals surface area contributed by atoms with Crippen molar-refractivity contribution in [3.63, 3.8) is 0 Å². The second kappa shape index (κ2) is 12.1. The summed E-state index contributed by atoms with van der Waals surface area (Å²) in [6.07, 6.45) is 1.10. The minimum absolute atomic E-state index is 0.00751. The predicted octanol–water partition coefficient (Wildman–Crippen LogP) is 1.25. The van der Waals surface area contributed by atoms with Gasteiger partial charge in [0.2, 0.25) is 20.0 Å². The van der Waals surface area contributed by atoms with Gasteiger partial charge in [0.25, 0.3) is 0 Å². The SMILES string of the molecule is CNS(=O)(=O)c1cccc(OCC(O)CN[C@H]2COC3(CCN(S(=O)(=O)c4ccc(OC)c(C)c4)CC3)C2)c1. The number of rotatable bonds is 11. The quantitative estimate of drug-likeness (QED) is 0.356. The monoisotopic (exact) mass is 583 g/mol. The van der Waals surface area contributed by atoms with E-state index in [-0.39, 0.29) is 34.6 Å². The van der Waals surface area contributed by atoms with Gasteiger partial charge in [-0.2, -0.15) is 4.31 Å². The molecule has 2 atom stereocenters. The Morgan fingerprint density at radius 1 is 1.13 bits per heavy atom. The molecule has 0 bridgehead atoms. The molecule has 13 heteroatoms. The number of aliphatic hydroxyl groups excluding tert-OH is 1. The van der Waals surface area contributed by atoms with Crippen LogP contribution in [-0.4, -0.2) is 91.0 Å². The molecule has 2 aliphatic rings. The van der Waals surface area contributed by atoms with Crippen molar-refractivity contribution in [2.45, 2.75) is 53.7 Å². The van der Waals surface area contributed by atoms with Gasteiger partial charge >= 0.3 is 0 Å². The van der Waals surface area contributed by atoms with E-state index >= 15 is 0 Å². The number of nitrogens with zero attached hydrogens (tertiary/aromatic N) is 1. The van der Waals surface area contributed by atoms with Crippen molar-refractivity contribution < 1.29 is 36.2 Å². The zero-order valence-corrected chi connectivity index (χ0v) is 24.1. The van der Waals surface area contributed by atoms with Crippen LogP contribution in [0.1, 0.15) is 24.8 Å². The number of aliphatic hydroxyl groups is 1. The lowest BCUT2D eigenvalue weighted by molar-refractivity contribution is -0.0312. The number of methoxy groups -OCH3 is 1. The van der Waals surface area contributed by atoms with E-state index in [9.17, 15) is 21.9 Å². The maximum absolute atomic E-state index is 13.2. The van der Waals surface area contributed by atoms with Crippen LogP contribution in [0.25, 0.3) is 0 Å². The Labute approximate surface area is 230 Å². The summed E-state index contributed by atoms with van der Waals surface area (Å²) in [6, 6.07) is 11.0. The molecule has 2 aromatic carbocycles. The molecule has 0 amide bonds. The molecule has 0 aliphatic carbocycles.